The maximum Gasteiger partial charge on any atom is 0.336 e. The quantitative estimate of drug-likeness (QED) is 0.651. The normalized spacial score (nSPS) is 23.7. The van der Waals surface area contributed by atoms with E-state index in [1.54, 1.807) is 12.1 Å². The average molecular weight is 374 g/mol. The van der Waals surface area contributed by atoms with Gasteiger partial charge in [0.05, 0.1) is 11.6 Å². The third-order valence-corrected chi connectivity index (χ3v) is 5.89. The second-order valence-electron chi connectivity index (χ2n) is 6.65. The van der Waals surface area contributed by atoms with Crippen LogP contribution in [0, 0.1) is 12.8 Å². The van der Waals surface area contributed by atoms with Gasteiger partial charge in [0.1, 0.15) is 0 Å². The van der Waals surface area contributed by atoms with Crippen LogP contribution < -0.4 is 5.32 Å². The first kappa shape index (κ1) is 16.5. The average Bonchev–Trinajstić information content (AvgIpc) is 3.04. The number of carboxylic acids is 1. The molecule has 25 heavy (non-hydrogen) atoms. The van der Waals surface area contributed by atoms with Crippen molar-refractivity contribution in [3.05, 3.63) is 74.8 Å². The summed E-state index contributed by atoms with van der Waals surface area (Å²) in [6.07, 6.45) is 5.38. The molecular formula is C20H17Cl2NO2. The van der Waals surface area contributed by atoms with E-state index in [-0.39, 0.29) is 12.0 Å². The molecule has 3 nitrogen and oxygen atoms in total. The second kappa shape index (κ2) is 6.08. The Morgan fingerprint density at radius 1 is 1.20 bits per heavy atom. The number of nitrogens with one attached hydrogen (secondary N) is 1. The Morgan fingerprint density at radius 2 is 1.96 bits per heavy atom. The molecule has 2 aromatic rings. The Kier molecular flexibility index (Phi) is 4.01. The van der Waals surface area contributed by atoms with E-state index in [1.807, 2.05) is 25.1 Å². The molecule has 0 amide bonds. The van der Waals surface area contributed by atoms with Gasteiger partial charge >= 0.3 is 5.97 Å². The van der Waals surface area contributed by atoms with Crippen molar-refractivity contribution in [1.82, 2.24) is 0 Å². The summed E-state index contributed by atoms with van der Waals surface area (Å²) in [5, 5.41) is 14.2. The molecule has 0 bridgehead atoms. The van der Waals surface area contributed by atoms with Gasteiger partial charge in [0.15, 0.2) is 0 Å². The third kappa shape index (κ3) is 2.62. The van der Waals surface area contributed by atoms with Crippen molar-refractivity contribution >= 4 is 34.9 Å². The first-order valence-corrected chi connectivity index (χ1v) is 8.98. The Bertz CT molecular complexity index is 907. The highest BCUT2D eigenvalue weighted by Crippen LogP contribution is 2.52. The van der Waals surface area contributed by atoms with Crippen molar-refractivity contribution in [2.45, 2.75) is 25.3 Å². The summed E-state index contributed by atoms with van der Waals surface area (Å²) in [4.78, 5) is 11.5. The molecule has 3 atom stereocenters. The number of halogens is 2. The molecule has 2 aliphatic rings. The summed E-state index contributed by atoms with van der Waals surface area (Å²) < 4.78 is 0. The van der Waals surface area contributed by atoms with Crippen LogP contribution >= 0.6 is 23.2 Å². The zero-order chi connectivity index (χ0) is 17.7. The predicted molar refractivity (Wildman–Crippen MR) is 101 cm³/mol. The van der Waals surface area contributed by atoms with E-state index < -0.39 is 5.97 Å². The number of rotatable bonds is 2. The summed E-state index contributed by atoms with van der Waals surface area (Å²) in [5.41, 5.74) is 4.15. The molecule has 2 N–H and O–H groups in total. The molecule has 4 rings (SSSR count). The van der Waals surface area contributed by atoms with Crippen LogP contribution in [0.15, 0.2) is 42.5 Å². The fourth-order valence-corrected chi connectivity index (χ4v) is 4.63. The summed E-state index contributed by atoms with van der Waals surface area (Å²) in [5.74, 6) is -0.303. The van der Waals surface area contributed by atoms with Crippen LogP contribution in [0.25, 0.3) is 0 Å². The number of fused-ring (bicyclic) bond motifs is 3. The lowest BCUT2D eigenvalue weighted by atomic mass is 9.76. The molecule has 0 radical (unpaired) electrons. The van der Waals surface area contributed by atoms with Gasteiger partial charge in [0.25, 0.3) is 0 Å². The Morgan fingerprint density at radius 3 is 2.68 bits per heavy atom. The molecule has 1 aliphatic carbocycles. The highest BCUT2D eigenvalue weighted by atomic mass is 35.5. The van der Waals surface area contributed by atoms with Crippen molar-refractivity contribution in [2.75, 3.05) is 5.32 Å². The van der Waals surface area contributed by atoms with Gasteiger partial charge in [-0.1, -0.05) is 47.5 Å². The molecule has 0 aromatic heterocycles. The number of allylic oxidation sites excluding steroid dienone is 2. The van der Waals surface area contributed by atoms with Crippen LogP contribution in [0.5, 0.6) is 0 Å². The van der Waals surface area contributed by atoms with E-state index in [9.17, 15) is 9.90 Å². The fraction of sp³-hybridized carbons (Fsp3) is 0.250. The van der Waals surface area contributed by atoms with Gasteiger partial charge in [-0.15, -0.1) is 0 Å². The van der Waals surface area contributed by atoms with E-state index >= 15 is 0 Å². The Balaban J connectivity index is 1.86. The number of hydrogen-bond acceptors (Lipinski definition) is 2. The second-order valence-corrected chi connectivity index (χ2v) is 7.49. The summed E-state index contributed by atoms with van der Waals surface area (Å²) >= 11 is 12.5. The van der Waals surface area contributed by atoms with Crippen molar-refractivity contribution in [1.29, 1.82) is 0 Å². The number of carbonyl (C=O) groups is 1. The number of hydrogen-bond donors (Lipinski definition) is 2. The predicted octanol–water partition coefficient (Wildman–Crippen LogP) is 5.83. The van der Waals surface area contributed by atoms with Crippen molar-refractivity contribution in [3.63, 3.8) is 0 Å². The maximum absolute atomic E-state index is 11.5. The van der Waals surface area contributed by atoms with Crippen LogP contribution in [0.4, 0.5) is 5.69 Å². The summed E-state index contributed by atoms with van der Waals surface area (Å²) in [6, 6.07) is 9.22. The minimum atomic E-state index is -0.910. The number of benzene rings is 2. The molecule has 0 spiro atoms. The van der Waals surface area contributed by atoms with E-state index in [1.165, 1.54) is 0 Å². The fourth-order valence-electron chi connectivity index (χ4n) is 4.11. The van der Waals surface area contributed by atoms with Crippen LogP contribution in [0.1, 0.15) is 45.4 Å². The monoisotopic (exact) mass is 373 g/mol. The van der Waals surface area contributed by atoms with Crippen molar-refractivity contribution in [2.24, 2.45) is 5.92 Å². The lowest BCUT2D eigenvalue weighted by molar-refractivity contribution is 0.0696. The zero-order valence-electron chi connectivity index (χ0n) is 13.6. The van der Waals surface area contributed by atoms with Crippen LogP contribution in [0.3, 0.4) is 0 Å². The van der Waals surface area contributed by atoms with E-state index in [2.05, 4.69) is 17.5 Å². The van der Waals surface area contributed by atoms with E-state index in [0.717, 1.165) is 28.8 Å². The zero-order valence-corrected chi connectivity index (χ0v) is 15.1. The number of carboxylic acid groups (broad SMARTS) is 1. The Labute approximate surface area is 156 Å². The first-order valence-electron chi connectivity index (χ1n) is 8.22. The molecule has 0 saturated heterocycles. The summed E-state index contributed by atoms with van der Waals surface area (Å²) in [6.45, 7) is 1.86. The third-order valence-electron chi connectivity index (χ3n) is 5.33. The molecule has 2 aromatic carbocycles. The van der Waals surface area contributed by atoms with Gasteiger partial charge in [0.2, 0.25) is 0 Å². The molecule has 0 unspecified atom stereocenters. The van der Waals surface area contributed by atoms with Gasteiger partial charge in [0, 0.05) is 21.7 Å². The van der Waals surface area contributed by atoms with E-state index in [0.29, 0.717) is 21.5 Å². The van der Waals surface area contributed by atoms with Gasteiger partial charge in [-0.25, -0.2) is 4.79 Å². The first-order chi connectivity index (χ1) is 12.0. The van der Waals surface area contributed by atoms with Crippen LogP contribution in [0.2, 0.25) is 10.0 Å². The molecule has 0 saturated carbocycles. The van der Waals surface area contributed by atoms with Crippen LogP contribution in [-0.4, -0.2) is 11.1 Å². The number of anilines is 1. The molecule has 0 fully saturated rings. The smallest absolute Gasteiger partial charge is 0.336 e. The maximum atomic E-state index is 11.5. The molecule has 128 valence electrons. The lowest BCUT2D eigenvalue weighted by Gasteiger charge is -2.39. The minimum Gasteiger partial charge on any atom is -0.478 e. The highest BCUT2D eigenvalue weighted by Gasteiger charge is 2.39. The van der Waals surface area contributed by atoms with Gasteiger partial charge in [-0.2, -0.15) is 0 Å². The van der Waals surface area contributed by atoms with Crippen molar-refractivity contribution in [3.8, 4) is 0 Å². The number of aromatic carboxylic acids is 1. The molecule has 1 aliphatic heterocycles. The lowest BCUT2D eigenvalue weighted by Crippen LogP contribution is -2.30. The topological polar surface area (TPSA) is 49.3 Å². The molecule has 5 heteroatoms. The van der Waals surface area contributed by atoms with Crippen LogP contribution in [-0.2, 0) is 0 Å². The largest absolute Gasteiger partial charge is 0.478 e. The summed E-state index contributed by atoms with van der Waals surface area (Å²) in [7, 11) is 0. The molecular weight excluding hydrogens is 357 g/mol. The minimum absolute atomic E-state index is 0.0139. The van der Waals surface area contributed by atoms with E-state index in [4.69, 9.17) is 23.2 Å². The molecule has 1 heterocycles. The SMILES string of the molecule is Cc1c(C(=O)O)ccc2c1N[C@@H](c1ccc(Cl)cc1Cl)[C@H]1CC=C[C@@H]21. The standard InChI is InChI=1S/C20H17Cl2NO2/c1-10-12(20(24)25)7-8-15-13-3-2-4-14(13)19(23-18(10)15)16-6-5-11(21)9-17(16)22/h2-3,5-9,13-14,19,23H,4H2,1H3,(H,24,25)/t13-,14+,19-/m1/s1. The van der Waals surface area contributed by atoms with Gasteiger partial charge in [-0.05, 0) is 54.2 Å². The van der Waals surface area contributed by atoms with Crippen molar-refractivity contribution < 1.29 is 9.90 Å². The van der Waals surface area contributed by atoms with Gasteiger partial charge < -0.3 is 10.4 Å². The van der Waals surface area contributed by atoms with Gasteiger partial charge in [-0.3, -0.25) is 0 Å². The highest BCUT2D eigenvalue weighted by molar-refractivity contribution is 6.35. The Hall–Kier alpha value is -1.97.